The van der Waals surface area contributed by atoms with E-state index in [0.29, 0.717) is 22.1 Å². The van der Waals surface area contributed by atoms with Gasteiger partial charge in [-0.3, -0.25) is 5.43 Å². The molecule has 2 aromatic carbocycles. The van der Waals surface area contributed by atoms with E-state index in [0.717, 1.165) is 10.9 Å². The highest BCUT2D eigenvalue weighted by Gasteiger charge is 2.06. The number of nitrogens with one attached hydrogen (secondary N) is 1. The number of benzene rings is 2. The summed E-state index contributed by atoms with van der Waals surface area (Å²) in [4.78, 5) is 4.47. The molecule has 5 heteroatoms. The molecule has 2 N–H and O–H groups in total. The minimum Gasteiger partial charge on any atom is -0.507 e. The molecule has 0 aliphatic carbocycles. The van der Waals surface area contributed by atoms with Gasteiger partial charge >= 0.3 is 0 Å². The average Bonchev–Trinajstić information content (AvgIpc) is 2.54. The Hall–Kier alpha value is -2.59. The molecule has 1 heterocycles. The summed E-state index contributed by atoms with van der Waals surface area (Å²) in [6, 6.07) is 16.6. The topological polar surface area (TPSA) is 57.5 Å². The number of pyridine rings is 1. The van der Waals surface area contributed by atoms with Gasteiger partial charge in [0.25, 0.3) is 0 Å². The zero-order chi connectivity index (χ0) is 15.5. The van der Waals surface area contributed by atoms with Crippen molar-refractivity contribution in [2.75, 3.05) is 5.43 Å². The van der Waals surface area contributed by atoms with Gasteiger partial charge in [-0.05, 0) is 43.3 Å². The maximum atomic E-state index is 9.86. The minimum absolute atomic E-state index is 0.138. The fourth-order valence-corrected chi connectivity index (χ4v) is 2.30. The van der Waals surface area contributed by atoms with Gasteiger partial charge in [-0.2, -0.15) is 5.10 Å². The molecule has 0 saturated heterocycles. The molecule has 0 spiro atoms. The van der Waals surface area contributed by atoms with Crippen LogP contribution < -0.4 is 5.43 Å². The van der Waals surface area contributed by atoms with Gasteiger partial charge in [-0.1, -0.05) is 29.8 Å². The molecular weight excluding hydrogens is 298 g/mol. The van der Waals surface area contributed by atoms with Crippen LogP contribution in [0.2, 0.25) is 5.02 Å². The van der Waals surface area contributed by atoms with Crippen LogP contribution >= 0.6 is 11.6 Å². The Morgan fingerprint density at radius 1 is 1.14 bits per heavy atom. The van der Waals surface area contributed by atoms with Crippen LogP contribution in [0.1, 0.15) is 12.5 Å². The summed E-state index contributed by atoms with van der Waals surface area (Å²) in [7, 11) is 0. The second kappa shape index (κ2) is 6.03. The number of halogens is 1. The summed E-state index contributed by atoms with van der Waals surface area (Å²) in [5.74, 6) is 0.776. The van der Waals surface area contributed by atoms with Crippen molar-refractivity contribution in [3.63, 3.8) is 0 Å². The van der Waals surface area contributed by atoms with Crippen molar-refractivity contribution in [3.05, 3.63) is 65.2 Å². The van der Waals surface area contributed by atoms with Gasteiger partial charge in [0.1, 0.15) is 11.6 Å². The number of rotatable bonds is 3. The van der Waals surface area contributed by atoms with Gasteiger partial charge in [0.05, 0.1) is 11.2 Å². The fraction of sp³-hybridized carbons (Fsp3) is 0.0588. The molecule has 0 fully saturated rings. The molecule has 1 aromatic heterocycles. The molecule has 110 valence electrons. The van der Waals surface area contributed by atoms with Crippen molar-refractivity contribution in [1.82, 2.24) is 4.98 Å². The number of para-hydroxylation sites is 1. The number of phenolic OH excluding ortho intramolecular Hbond substituents is 1. The van der Waals surface area contributed by atoms with Crippen LogP contribution in [0.5, 0.6) is 5.75 Å². The highest BCUT2D eigenvalue weighted by atomic mass is 35.5. The van der Waals surface area contributed by atoms with Gasteiger partial charge in [0.15, 0.2) is 0 Å². The predicted molar refractivity (Wildman–Crippen MR) is 90.7 cm³/mol. The third kappa shape index (κ3) is 3.02. The molecule has 0 aliphatic heterocycles. The zero-order valence-electron chi connectivity index (χ0n) is 11.9. The van der Waals surface area contributed by atoms with Gasteiger partial charge < -0.3 is 5.11 Å². The van der Waals surface area contributed by atoms with Gasteiger partial charge in [0, 0.05) is 16.0 Å². The highest BCUT2D eigenvalue weighted by Crippen LogP contribution is 2.22. The predicted octanol–water partition coefficient (Wildman–Crippen LogP) is 4.43. The first kappa shape index (κ1) is 14.4. The van der Waals surface area contributed by atoms with E-state index in [2.05, 4.69) is 15.5 Å². The van der Waals surface area contributed by atoms with E-state index in [-0.39, 0.29) is 5.75 Å². The maximum absolute atomic E-state index is 9.86. The minimum atomic E-state index is 0.138. The number of aromatic hydroxyl groups is 1. The van der Waals surface area contributed by atoms with Crippen molar-refractivity contribution in [3.8, 4) is 5.75 Å². The molecule has 3 rings (SSSR count). The van der Waals surface area contributed by atoms with E-state index in [1.165, 1.54) is 0 Å². The summed E-state index contributed by atoms with van der Waals surface area (Å²) in [5.41, 5.74) is 5.00. The molecule has 0 aliphatic rings. The first-order valence-corrected chi connectivity index (χ1v) is 7.16. The van der Waals surface area contributed by atoms with E-state index < -0.39 is 0 Å². The molecule has 0 radical (unpaired) electrons. The molecule has 3 aromatic rings. The first-order chi connectivity index (χ1) is 10.6. The van der Waals surface area contributed by atoms with Gasteiger partial charge in [-0.25, -0.2) is 4.98 Å². The van der Waals surface area contributed by atoms with E-state index in [9.17, 15) is 5.11 Å². The number of aromatic nitrogens is 1. The Balaban J connectivity index is 1.86. The summed E-state index contributed by atoms with van der Waals surface area (Å²) < 4.78 is 0. The number of anilines is 1. The first-order valence-electron chi connectivity index (χ1n) is 6.78. The van der Waals surface area contributed by atoms with Gasteiger partial charge in [0.2, 0.25) is 0 Å². The van der Waals surface area contributed by atoms with Crippen LogP contribution in [-0.2, 0) is 0 Å². The van der Waals surface area contributed by atoms with E-state index in [1.54, 1.807) is 25.1 Å². The largest absolute Gasteiger partial charge is 0.507 e. The Morgan fingerprint density at radius 3 is 2.82 bits per heavy atom. The second-order valence-corrected chi connectivity index (χ2v) is 5.30. The Labute approximate surface area is 133 Å². The van der Waals surface area contributed by atoms with Gasteiger partial charge in [-0.15, -0.1) is 0 Å². The number of nitrogens with zero attached hydrogens (tertiary/aromatic N) is 2. The van der Waals surface area contributed by atoms with Crippen LogP contribution in [-0.4, -0.2) is 15.8 Å². The molecule has 4 nitrogen and oxygen atoms in total. The Kier molecular flexibility index (Phi) is 3.94. The van der Waals surface area contributed by atoms with Crippen LogP contribution in [0, 0.1) is 0 Å². The van der Waals surface area contributed by atoms with Crippen molar-refractivity contribution in [2.24, 2.45) is 5.10 Å². The second-order valence-electron chi connectivity index (χ2n) is 4.86. The molecule has 0 bridgehead atoms. The third-order valence-corrected chi connectivity index (χ3v) is 3.52. The van der Waals surface area contributed by atoms with E-state index >= 15 is 0 Å². The lowest BCUT2D eigenvalue weighted by Crippen LogP contribution is -2.01. The number of hydrogen-bond donors (Lipinski definition) is 2. The zero-order valence-corrected chi connectivity index (χ0v) is 12.7. The standard InChI is InChI=1S/C17H14ClN3O/c1-11(14-10-13(18)7-8-16(14)22)20-21-17-9-6-12-4-2-3-5-15(12)19-17/h2-10,22H,1H3,(H,19,21). The molecule has 0 unspecified atom stereocenters. The summed E-state index contributed by atoms with van der Waals surface area (Å²) in [6.45, 7) is 1.79. The average molecular weight is 312 g/mol. The van der Waals surface area contributed by atoms with Crippen LogP contribution in [0.4, 0.5) is 5.82 Å². The summed E-state index contributed by atoms with van der Waals surface area (Å²) in [6.07, 6.45) is 0. The SMILES string of the molecule is CC(=NNc1ccc2ccccc2n1)c1cc(Cl)ccc1O. The number of hydrazone groups is 1. The van der Waals surface area contributed by atoms with E-state index in [4.69, 9.17) is 11.6 Å². The molecule has 0 amide bonds. The van der Waals surface area contributed by atoms with Crippen LogP contribution in [0.25, 0.3) is 10.9 Å². The molecule has 22 heavy (non-hydrogen) atoms. The van der Waals surface area contributed by atoms with Crippen molar-refractivity contribution >= 4 is 34.0 Å². The Bertz CT molecular complexity index is 861. The quantitative estimate of drug-likeness (QED) is 0.555. The number of fused-ring (bicyclic) bond motifs is 1. The lowest BCUT2D eigenvalue weighted by atomic mass is 10.1. The van der Waals surface area contributed by atoms with Crippen molar-refractivity contribution in [1.29, 1.82) is 0 Å². The third-order valence-electron chi connectivity index (χ3n) is 3.28. The summed E-state index contributed by atoms with van der Waals surface area (Å²) in [5, 5.41) is 15.7. The molecular formula is C17H14ClN3O. The number of phenols is 1. The van der Waals surface area contributed by atoms with Crippen LogP contribution in [0.3, 0.4) is 0 Å². The fourth-order valence-electron chi connectivity index (χ4n) is 2.13. The smallest absolute Gasteiger partial charge is 0.146 e. The summed E-state index contributed by atoms with van der Waals surface area (Å²) >= 11 is 5.94. The monoisotopic (exact) mass is 311 g/mol. The normalized spacial score (nSPS) is 11.6. The molecule has 0 saturated carbocycles. The highest BCUT2D eigenvalue weighted by molar-refractivity contribution is 6.31. The number of hydrogen-bond acceptors (Lipinski definition) is 4. The lowest BCUT2D eigenvalue weighted by Gasteiger charge is -2.06. The van der Waals surface area contributed by atoms with Crippen LogP contribution in [0.15, 0.2) is 59.7 Å². The molecule has 0 atom stereocenters. The van der Waals surface area contributed by atoms with Crippen molar-refractivity contribution < 1.29 is 5.11 Å². The lowest BCUT2D eigenvalue weighted by molar-refractivity contribution is 0.474. The van der Waals surface area contributed by atoms with E-state index in [1.807, 2.05) is 36.4 Å². The maximum Gasteiger partial charge on any atom is 0.146 e. The van der Waals surface area contributed by atoms with Crippen molar-refractivity contribution in [2.45, 2.75) is 6.92 Å². The Morgan fingerprint density at radius 2 is 1.95 bits per heavy atom.